The van der Waals surface area contributed by atoms with E-state index in [-0.39, 0.29) is 21.7 Å². The summed E-state index contributed by atoms with van der Waals surface area (Å²) in [5.41, 5.74) is 0. The van der Waals surface area contributed by atoms with Gasteiger partial charge in [0.15, 0.2) is 0 Å². The van der Waals surface area contributed by atoms with Crippen LogP contribution in [0.25, 0.3) is 0 Å². The molecule has 0 aromatic rings. The van der Waals surface area contributed by atoms with E-state index in [0.717, 1.165) is 0 Å². The Balaban J connectivity index is 0. The van der Waals surface area contributed by atoms with E-state index in [0.29, 0.717) is 0 Å². The van der Waals surface area contributed by atoms with Gasteiger partial charge < -0.3 is 0 Å². The van der Waals surface area contributed by atoms with Crippen molar-refractivity contribution in [2.45, 2.75) is 0 Å². The zero-order valence-electron chi connectivity index (χ0n) is 2.30. The summed E-state index contributed by atoms with van der Waals surface area (Å²) in [6.07, 6.45) is 0. The molecule has 5 heteroatoms. The summed E-state index contributed by atoms with van der Waals surface area (Å²) >= 11 is -4.47. The van der Waals surface area contributed by atoms with Crippen molar-refractivity contribution in [1.29, 1.82) is 0 Å². The molecule has 0 aromatic carbocycles. The second kappa shape index (κ2) is 5.31. The molecule has 0 saturated heterocycles. The predicted molar refractivity (Wildman–Crippen MR) is 2.06 cm³/mol. The van der Waals surface area contributed by atoms with Gasteiger partial charge in [-0.25, -0.2) is 0 Å². The van der Waals surface area contributed by atoms with Crippen molar-refractivity contribution in [2.75, 3.05) is 0 Å². The van der Waals surface area contributed by atoms with Crippen LogP contribution in [0, 0.1) is 30.2 Å². The number of hydrogen-bond donors (Lipinski definition) is 0. The van der Waals surface area contributed by atoms with Gasteiger partial charge in [-0.2, -0.15) is 0 Å². The van der Waals surface area contributed by atoms with E-state index in [4.69, 9.17) is 5.09 Å². The van der Waals surface area contributed by atoms with Crippen molar-refractivity contribution in [3.05, 3.63) is 0 Å². The Morgan fingerprint density at radius 2 is 1.00 bits per heavy atom. The molecule has 5 heavy (non-hydrogen) atoms. The summed E-state index contributed by atoms with van der Waals surface area (Å²) in [6, 6.07) is 0. The van der Waals surface area contributed by atoms with E-state index in [9.17, 15) is 0 Å². The van der Waals surface area contributed by atoms with Gasteiger partial charge in [0, 0.05) is 21.7 Å². The molecule has 25 valence electrons. The average molecular weight is 235 g/mol. The Morgan fingerprint density at radius 3 is 1.00 bits per heavy atom. The van der Waals surface area contributed by atoms with Gasteiger partial charge in [-0.1, -0.05) is 0 Å². The van der Waals surface area contributed by atoms with E-state index in [1.807, 2.05) is 0 Å². The molecule has 0 spiro atoms. The van der Waals surface area contributed by atoms with Crippen molar-refractivity contribution in [3.8, 4) is 0 Å². The van der Waals surface area contributed by atoms with Gasteiger partial charge in [-0.15, -0.1) is 0 Å². The minimum atomic E-state index is -4.47. The fraction of sp³-hybridized carbons (Fsp3) is 0. The van der Waals surface area contributed by atoms with Gasteiger partial charge in [0.25, 0.3) is 0 Å². The maximum Gasteiger partial charge on any atom is 0 e. The molecule has 0 amide bonds. The Kier molecular flexibility index (Phi) is 10.2. The molecule has 0 heterocycles. The van der Waals surface area contributed by atoms with Gasteiger partial charge in [-0.3, -0.25) is 0 Å². The molecule has 0 saturated carbocycles. The van der Waals surface area contributed by atoms with Crippen LogP contribution in [0.4, 0.5) is 0 Å². The average Bonchev–Trinajstić information content (AvgIpc) is 0.811. The van der Waals surface area contributed by atoms with Crippen LogP contribution in [0.5, 0.6) is 0 Å². The van der Waals surface area contributed by atoms with Crippen LogP contribution in [0.1, 0.15) is 0 Å². The third kappa shape index (κ3) is 33.9. The SMILES string of the molecule is [O]=[La](=[O])=[O].[Ti]. The third-order valence-electron chi connectivity index (χ3n) is 0. The zero-order chi connectivity index (χ0) is 3.58. The van der Waals surface area contributed by atoms with Crippen LogP contribution in [-0.4, -0.2) is 0 Å². The van der Waals surface area contributed by atoms with Gasteiger partial charge in [0.1, 0.15) is 0 Å². The first-order chi connectivity index (χ1) is 1.73. The molecule has 0 rings (SSSR count). The molecule has 0 unspecified atom stereocenters. The topological polar surface area (TPSA) is 51.2 Å². The summed E-state index contributed by atoms with van der Waals surface area (Å²) in [6.45, 7) is 0. The van der Waals surface area contributed by atoms with Crippen molar-refractivity contribution < 1.29 is 57.0 Å². The minimum Gasteiger partial charge on any atom is 0 e. The Labute approximate surface area is 56.2 Å². The van der Waals surface area contributed by atoms with E-state index in [2.05, 4.69) is 0 Å². The first kappa shape index (κ1) is 9.58. The molecule has 0 bridgehead atoms. The largest absolute Gasteiger partial charge is 0 e. The van der Waals surface area contributed by atoms with E-state index in [1.54, 1.807) is 0 Å². The second-order valence-corrected chi connectivity index (χ2v) is 2.10. The summed E-state index contributed by atoms with van der Waals surface area (Å²) in [4.78, 5) is 0. The molecule has 0 atom stereocenters. The van der Waals surface area contributed by atoms with Crippen LogP contribution in [0.2, 0.25) is 0 Å². The second-order valence-electron chi connectivity index (χ2n) is 0.289. The smallest absolute Gasteiger partial charge is 0 e. The molecule has 0 aliphatic heterocycles. The van der Waals surface area contributed by atoms with Gasteiger partial charge in [-0.05, 0) is 0 Å². The third-order valence-corrected chi connectivity index (χ3v) is 0. The summed E-state index contributed by atoms with van der Waals surface area (Å²) < 4.78 is 25.9. The zero-order valence-corrected chi connectivity index (χ0v) is 7.49. The minimum absolute atomic E-state index is 0. The van der Waals surface area contributed by atoms with E-state index < -0.39 is 30.2 Å². The fourth-order valence-corrected chi connectivity index (χ4v) is 0. The van der Waals surface area contributed by atoms with Crippen molar-refractivity contribution >= 4 is 0 Å². The van der Waals surface area contributed by atoms with Crippen molar-refractivity contribution in [2.24, 2.45) is 0 Å². The van der Waals surface area contributed by atoms with E-state index in [1.165, 1.54) is 0 Å². The van der Waals surface area contributed by atoms with Gasteiger partial charge in [0.05, 0.1) is 0 Å². The van der Waals surface area contributed by atoms with E-state index >= 15 is 0 Å². The summed E-state index contributed by atoms with van der Waals surface area (Å²) in [7, 11) is 0. The maximum atomic E-state index is 8.64. The van der Waals surface area contributed by atoms with Crippen LogP contribution in [0.3, 0.4) is 0 Å². The van der Waals surface area contributed by atoms with Crippen LogP contribution in [0.15, 0.2) is 0 Å². The molecule has 0 aromatic heterocycles. The quantitative estimate of drug-likeness (QED) is 0.538. The normalized spacial score (nSPS) is 3.00. The molecule has 0 aliphatic rings. The molecule has 0 N–H and O–H groups in total. The van der Waals surface area contributed by atoms with Gasteiger partial charge in [0.2, 0.25) is 0 Å². The number of rotatable bonds is 0. The Hall–Kier alpha value is 1.31. The molecular formula is LaO3Ti. The Bertz CT molecular complexity index is 76.3. The maximum absolute atomic E-state index is 8.64. The number of hydrogen-bond acceptors (Lipinski definition) is 3. The monoisotopic (exact) mass is 235 g/mol. The summed E-state index contributed by atoms with van der Waals surface area (Å²) in [5.74, 6) is 0. The van der Waals surface area contributed by atoms with Crippen LogP contribution >= 0.6 is 0 Å². The molecule has 0 aliphatic carbocycles. The summed E-state index contributed by atoms with van der Waals surface area (Å²) in [5, 5.41) is 0. The first-order valence-corrected chi connectivity index (χ1v) is 5.15. The molecular weight excluding hydrogens is 235 g/mol. The van der Waals surface area contributed by atoms with Gasteiger partial charge >= 0.3 is 35.3 Å². The van der Waals surface area contributed by atoms with Crippen LogP contribution in [-0.2, 0) is 26.8 Å². The molecule has 0 radical (unpaired) electrons. The van der Waals surface area contributed by atoms with Crippen molar-refractivity contribution in [1.82, 2.24) is 0 Å². The fourth-order valence-electron chi connectivity index (χ4n) is 0. The first-order valence-electron chi connectivity index (χ1n) is 0.707. The standard InChI is InChI=1S/La.3O.Ti. The van der Waals surface area contributed by atoms with Crippen molar-refractivity contribution in [3.63, 3.8) is 0 Å². The predicted octanol–water partition coefficient (Wildman–Crippen LogP) is -0.359. The Morgan fingerprint density at radius 1 is 1.00 bits per heavy atom. The molecule has 0 fully saturated rings. The van der Waals surface area contributed by atoms with Crippen LogP contribution < -0.4 is 0 Å². The molecule has 3 nitrogen and oxygen atoms in total.